The van der Waals surface area contributed by atoms with Crippen LogP contribution in [-0.2, 0) is 23.8 Å². The normalized spacial score (nSPS) is 24.1. The van der Waals surface area contributed by atoms with Crippen LogP contribution in [0.15, 0.2) is 24.3 Å². The van der Waals surface area contributed by atoms with Gasteiger partial charge in [0.2, 0.25) is 0 Å². The number of ether oxygens (including phenoxy) is 3. The first-order chi connectivity index (χ1) is 18.0. The Morgan fingerprint density at radius 2 is 1.95 bits per heavy atom. The molecule has 5 atom stereocenters. The van der Waals surface area contributed by atoms with E-state index in [1.54, 1.807) is 0 Å². The van der Waals surface area contributed by atoms with E-state index in [0.717, 1.165) is 64.6 Å². The van der Waals surface area contributed by atoms with Crippen LogP contribution in [0.4, 0.5) is 0 Å². The van der Waals surface area contributed by atoms with Crippen LogP contribution in [0.25, 0.3) is 0 Å². The Morgan fingerprint density at radius 3 is 2.73 bits per heavy atom. The van der Waals surface area contributed by atoms with Crippen LogP contribution >= 0.6 is 0 Å². The van der Waals surface area contributed by atoms with Gasteiger partial charge >= 0.3 is 5.97 Å². The van der Waals surface area contributed by atoms with Crippen molar-refractivity contribution in [2.24, 2.45) is 23.7 Å². The molecule has 37 heavy (non-hydrogen) atoms. The fourth-order valence-electron chi connectivity index (χ4n) is 6.50. The lowest BCUT2D eigenvalue weighted by atomic mass is 9.73. The topological polar surface area (TPSA) is 61.8 Å². The Kier molecular flexibility index (Phi) is 13.1. The second-order valence-electron chi connectivity index (χ2n) is 11.4. The van der Waals surface area contributed by atoms with Crippen molar-refractivity contribution in [3.8, 4) is 0 Å². The van der Waals surface area contributed by atoms with Gasteiger partial charge in [0.25, 0.3) is 0 Å². The van der Waals surface area contributed by atoms with Gasteiger partial charge in [0.05, 0.1) is 13.2 Å². The number of hydrogen-bond donors (Lipinski definition) is 0. The Hall–Kier alpha value is -1.72. The summed E-state index contributed by atoms with van der Waals surface area (Å²) in [6.07, 6.45) is 12.8. The van der Waals surface area contributed by atoms with E-state index >= 15 is 0 Å². The molecule has 0 radical (unpaired) electrons. The molecule has 0 aromatic heterocycles. The van der Waals surface area contributed by atoms with Gasteiger partial charge in [-0.15, -0.1) is 0 Å². The van der Waals surface area contributed by atoms with E-state index < -0.39 is 0 Å². The number of ketones is 1. The third-order valence-corrected chi connectivity index (χ3v) is 8.50. The molecule has 1 aliphatic carbocycles. The predicted molar refractivity (Wildman–Crippen MR) is 147 cm³/mol. The highest BCUT2D eigenvalue weighted by Crippen LogP contribution is 2.41. The minimum absolute atomic E-state index is 0.0379. The van der Waals surface area contributed by atoms with Crippen LogP contribution in [0, 0.1) is 30.6 Å². The smallest absolute Gasteiger partial charge is 0.305 e. The van der Waals surface area contributed by atoms with Gasteiger partial charge in [-0.2, -0.15) is 0 Å². The summed E-state index contributed by atoms with van der Waals surface area (Å²) in [5.74, 6) is 1.81. The minimum atomic E-state index is -0.198. The molecule has 1 saturated heterocycles. The van der Waals surface area contributed by atoms with Crippen LogP contribution in [0.3, 0.4) is 0 Å². The van der Waals surface area contributed by atoms with Gasteiger partial charge in [-0.05, 0) is 80.8 Å². The maximum Gasteiger partial charge on any atom is 0.305 e. The van der Waals surface area contributed by atoms with Crippen LogP contribution in [0.2, 0.25) is 0 Å². The van der Waals surface area contributed by atoms with Crippen molar-refractivity contribution in [1.29, 1.82) is 0 Å². The van der Waals surface area contributed by atoms with Crippen LogP contribution < -0.4 is 0 Å². The van der Waals surface area contributed by atoms with Gasteiger partial charge in [-0.25, -0.2) is 0 Å². The lowest BCUT2D eigenvalue weighted by molar-refractivity contribution is -0.141. The molecule has 2 fully saturated rings. The molecule has 2 aliphatic rings. The van der Waals surface area contributed by atoms with Crippen molar-refractivity contribution in [2.75, 3.05) is 26.9 Å². The van der Waals surface area contributed by atoms with Crippen molar-refractivity contribution in [3.05, 3.63) is 35.4 Å². The highest BCUT2D eigenvalue weighted by atomic mass is 16.5. The van der Waals surface area contributed by atoms with Crippen molar-refractivity contribution >= 4 is 11.8 Å². The van der Waals surface area contributed by atoms with E-state index in [0.29, 0.717) is 43.0 Å². The number of methoxy groups -OCH3 is 1. The maximum absolute atomic E-state index is 13.6. The number of Topliss-reactive ketones (excluding diaryl/α,β-unsaturated/α-hetero) is 1. The van der Waals surface area contributed by atoms with E-state index in [1.807, 2.05) is 0 Å². The quantitative estimate of drug-likeness (QED) is 0.191. The molecule has 5 nitrogen and oxygen atoms in total. The Bertz CT molecular complexity index is 813. The summed E-state index contributed by atoms with van der Waals surface area (Å²) >= 11 is 0. The molecule has 1 heterocycles. The number of esters is 1. The largest absolute Gasteiger partial charge is 0.469 e. The van der Waals surface area contributed by atoms with Crippen molar-refractivity contribution < 1.29 is 23.8 Å². The van der Waals surface area contributed by atoms with E-state index in [1.165, 1.54) is 37.5 Å². The molecule has 1 saturated carbocycles. The zero-order chi connectivity index (χ0) is 26.5. The van der Waals surface area contributed by atoms with Crippen molar-refractivity contribution in [1.82, 2.24) is 0 Å². The molecule has 5 unspecified atom stereocenters. The molecule has 5 heteroatoms. The average Bonchev–Trinajstić information content (AvgIpc) is 3.18. The summed E-state index contributed by atoms with van der Waals surface area (Å²) in [5.41, 5.74) is 2.44. The Labute approximate surface area is 225 Å². The number of carbonyl (C=O) groups is 2. The molecule has 1 aliphatic heterocycles. The minimum Gasteiger partial charge on any atom is -0.469 e. The highest BCUT2D eigenvalue weighted by molar-refractivity contribution is 5.81. The van der Waals surface area contributed by atoms with Gasteiger partial charge in [0, 0.05) is 38.6 Å². The lowest BCUT2D eigenvalue weighted by Gasteiger charge is -2.35. The van der Waals surface area contributed by atoms with Gasteiger partial charge in [-0.3, -0.25) is 9.59 Å². The summed E-state index contributed by atoms with van der Waals surface area (Å²) in [7, 11) is 1.42. The fourth-order valence-corrected chi connectivity index (χ4v) is 6.50. The molecular weight excluding hydrogens is 464 g/mol. The predicted octanol–water partition coefficient (Wildman–Crippen LogP) is 7.39. The third kappa shape index (κ3) is 9.83. The van der Waals surface area contributed by atoms with Crippen LogP contribution in [-0.4, -0.2) is 38.7 Å². The molecule has 0 amide bonds. The van der Waals surface area contributed by atoms with E-state index in [4.69, 9.17) is 14.2 Å². The summed E-state index contributed by atoms with van der Waals surface area (Å²) in [4.78, 5) is 25.2. The average molecular weight is 515 g/mol. The fraction of sp³-hybridized carbons (Fsp3) is 0.750. The zero-order valence-corrected chi connectivity index (χ0v) is 23.6. The van der Waals surface area contributed by atoms with E-state index in [9.17, 15) is 9.59 Å². The van der Waals surface area contributed by atoms with Gasteiger partial charge in [0.1, 0.15) is 5.78 Å². The summed E-state index contributed by atoms with van der Waals surface area (Å²) < 4.78 is 17.1. The summed E-state index contributed by atoms with van der Waals surface area (Å²) in [6.45, 7) is 6.65. The SMILES string of the molecule is CCCC(CC(=O)C1CCCC(C(OCCCC(=O)OC)c2ccccc2C)C1)CC1CCCCOC1. The second-order valence-corrected chi connectivity index (χ2v) is 11.4. The molecular formula is C32H50O5. The molecule has 0 N–H and O–H groups in total. The standard InChI is InChI=1S/C32H50O5/c1-4-11-25(20-26-13-7-8-18-36-23-26)21-30(33)27-14-9-15-28(22-27)32(29-16-6-5-12-24(29)2)37-19-10-17-31(34)35-3/h5-6,12,16,25-28,32H,4,7-11,13-15,17-23H2,1-3H3. The zero-order valence-electron chi connectivity index (χ0n) is 23.6. The van der Waals surface area contributed by atoms with E-state index in [2.05, 4.69) is 38.1 Å². The highest BCUT2D eigenvalue weighted by Gasteiger charge is 2.34. The molecule has 0 bridgehead atoms. The summed E-state index contributed by atoms with van der Waals surface area (Å²) in [6, 6.07) is 8.44. The number of aryl methyl sites for hydroxylation is 1. The third-order valence-electron chi connectivity index (χ3n) is 8.50. The van der Waals surface area contributed by atoms with Crippen LogP contribution in [0.1, 0.15) is 108 Å². The first-order valence-electron chi connectivity index (χ1n) is 14.9. The number of carbonyl (C=O) groups excluding carboxylic acids is 2. The molecule has 3 rings (SSSR count). The number of rotatable bonds is 14. The molecule has 208 valence electrons. The lowest BCUT2D eigenvalue weighted by Crippen LogP contribution is -2.29. The van der Waals surface area contributed by atoms with Crippen molar-refractivity contribution in [3.63, 3.8) is 0 Å². The second kappa shape index (κ2) is 16.3. The number of benzene rings is 1. The summed E-state index contributed by atoms with van der Waals surface area (Å²) in [5, 5.41) is 0. The van der Waals surface area contributed by atoms with Gasteiger partial charge < -0.3 is 14.2 Å². The number of hydrogen-bond acceptors (Lipinski definition) is 5. The molecule has 0 spiro atoms. The van der Waals surface area contributed by atoms with E-state index in [-0.39, 0.29) is 18.0 Å². The first kappa shape index (κ1) is 29.8. The molecule has 1 aromatic carbocycles. The van der Waals surface area contributed by atoms with Gasteiger partial charge in [0.15, 0.2) is 0 Å². The monoisotopic (exact) mass is 514 g/mol. The van der Waals surface area contributed by atoms with Crippen molar-refractivity contribution in [2.45, 2.75) is 103 Å². The Balaban J connectivity index is 1.62. The first-order valence-corrected chi connectivity index (χ1v) is 14.9. The maximum atomic E-state index is 13.6. The van der Waals surface area contributed by atoms with Gasteiger partial charge in [-0.1, -0.05) is 56.9 Å². The molecule has 1 aromatic rings. The van der Waals surface area contributed by atoms with Crippen LogP contribution in [0.5, 0.6) is 0 Å². The Morgan fingerprint density at radius 1 is 1.11 bits per heavy atom.